The van der Waals surface area contributed by atoms with Gasteiger partial charge in [-0.25, -0.2) is 0 Å². The fourth-order valence-corrected chi connectivity index (χ4v) is 3.69. The highest BCUT2D eigenvalue weighted by molar-refractivity contribution is 5.97. The zero-order chi connectivity index (χ0) is 32.4. The van der Waals surface area contributed by atoms with Crippen LogP contribution in [0.2, 0.25) is 0 Å². The van der Waals surface area contributed by atoms with Crippen LogP contribution in [-0.2, 0) is 28.8 Å². The fourth-order valence-electron chi connectivity index (χ4n) is 3.69. The lowest BCUT2D eigenvalue weighted by Gasteiger charge is -2.28. The number of aliphatic carboxylic acids is 1. The van der Waals surface area contributed by atoms with Crippen molar-refractivity contribution in [3.8, 4) is 0 Å². The van der Waals surface area contributed by atoms with E-state index in [0.717, 1.165) is 0 Å². The Bertz CT molecular complexity index is 958. The van der Waals surface area contributed by atoms with Crippen molar-refractivity contribution in [1.29, 1.82) is 0 Å². The second kappa shape index (κ2) is 20.0. The minimum absolute atomic E-state index is 0.0553. The third-order valence-corrected chi connectivity index (χ3v) is 6.44. The van der Waals surface area contributed by atoms with Gasteiger partial charge in [-0.2, -0.15) is 0 Å². The summed E-state index contributed by atoms with van der Waals surface area (Å²) in [5.74, 6) is -5.88. The van der Waals surface area contributed by atoms with Crippen LogP contribution in [0.3, 0.4) is 0 Å². The predicted molar refractivity (Wildman–Crippen MR) is 155 cm³/mol. The van der Waals surface area contributed by atoms with Crippen molar-refractivity contribution in [3.63, 3.8) is 0 Å². The van der Waals surface area contributed by atoms with Gasteiger partial charge in [-0.1, -0.05) is 26.7 Å². The summed E-state index contributed by atoms with van der Waals surface area (Å²) in [6, 6.07) is -6.02. The topological polar surface area (TPSA) is 313 Å². The Labute approximate surface area is 245 Å². The van der Waals surface area contributed by atoms with E-state index < -0.39 is 78.1 Å². The van der Waals surface area contributed by atoms with Crippen LogP contribution in [0.15, 0.2) is 4.99 Å². The molecule has 0 unspecified atom stereocenters. The molecule has 0 spiro atoms. The molecule has 0 aliphatic carbocycles. The molecule has 5 amide bonds. The Balaban J connectivity index is 5.86. The van der Waals surface area contributed by atoms with E-state index in [-0.39, 0.29) is 25.3 Å². The number of carboxylic acid groups (broad SMARTS) is 1. The standard InChI is InChI=1S/C25H48N10O7/c1-4-13(2)19(23(40)32-14(3)24(41)42)35-22(39)17(12-18(28)36)34-21(38)16(9-7-11-31-25(29)30)33-20(37)15(27)8-5-6-10-26/h13-17,19H,4-12,26-27H2,1-3H3,(H2,28,36)(H,32,40)(H,33,37)(H,34,38)(H,35,39)(H,41,42)(H4,29,30,31)/t13-,14-,15-,16-,17-,19-/m0/s1. The van der Waals surface area contributed by atoms with Crippen molar-refractivity contribution in [2.24, 2.45) is 39.6 Å². The number of primary amides is 1. The van der Waals surface area contributed by atoms with Crippen molar-refractivity contribution in [2.45, 2.75) is 95.9 Å². The minimum Gasteiger partial charge on any atom is -0.480 e. The van der Waals surface area contributed by atoms with Crippen LogP contribution < -0.4 is 49.9 Å². The summed E-state index contributed by atoms with van der Waals surface area (Å²) in [5, 5.41) is 18.9. The van der Waals surface area contributed by atoms with Gasteiger partial charge in [0.15, 0.2) is 5.96 Å². The lowest BCUT2D eigenvalue weighted by Crippen LogP contribution is -2.60. The summed E-state index contributed by atoms with van der Waals surface area (Å²) in [6.07, 6.45) is 1.73. The van der Waals surface area contributed by atoms with E-state index in [1.807, 2.05) is 0 Å². The molecule has 17 heteroatoms. The molecule has 0 aromatic carbocycles. The van der Waals surface area contributed by atoms with Crippen LogP contribution in [0.4, 0.5) is 0 Å². The second-order valence-electron chi connectivity index (χ2n) is 10.1. The average Bonchev–Trinajstić information content (AvgIpc) is 2.91. The van der Waals surface area contributed by atoms with Gasteiger partial charge in [-0.3, -0.25) is 33.8 Å². The molecule has 240 valence electrons. The van der Waals surface area contributed by atoms with Crippen molar-refractivity contribution in [1.82, 2.24) is 21.3 Å². The van der Waals surface area contributed by atoms with Gasteiger partial charge in [-0.15, -0.1) is 0 Å². The minimum atomic E-state index is -1.51. The normalized spacial score (nSPS) is 15.1. The number of carbonyl (C=O) groups excluding carboxylic acids is 5. The number of nitrogens with one attached hydrogen (secondary N) is 4. The number of guanidine groups is 1. The highest BCUT2D eigenvalue weighted by Crippen LogP contribution is 2.10. The van der Waals surface area contributed by atoms with Gasteiger partial charge in [0.05, 0.1) is 12.5 Å². The predicted octanol–water partition coefficient (Wildman–Crippen LogP) is -3.54. The van der Waals surface area contributed by atoms with Crippen LogP contribution in [-0.4, -0.2) is 89.9 Å². The third kappa shape index (κ3) is 15.1. The van der Waals surface area contributed by atoms with Gasteiger partial charge in [-0.05, 0) is 45.1 Å². The van der Waals surface area contributed by atoms with E-state index in [9.17, 15) is 28.8 Å². The summed E-state index contributed by atoms with van der Waals surface area (Å²) >= 11 is 0. The van der Waals surface area contributed by atoms with E-state index in [4.69, 9.17) is 33.8 Å². The monoisotopic (exact) mass is 600 g/mol. The molecule has 0 aliphatic heterocycles. The van der Waals surface area contributed by atoms with Crippen LogP contribution in [0.1, 0.15) is 65.7 Å². The Morgan fingerprint density at radius 1 is 0.786 bits per heavy atom. The molecule has 0 radical (unpaired) electrons. The molecule has 0 saturated carbocycles. The Kier molecular flexibility index (Phi) is 18.1. The van der Waals surface area contributed by atoms with Gasteiger partial charge in [0.2, 0.25) is 29.5 Å². The maximum Gasteiger partial charge on any atom is 0.325 e. The Morgan fingerprint density at radius 2 is 1.38 bits per heavy atom. The molecule has 0 heterocycles. The van der Waals surface area contributed by atoms with Crippen LogP contribution in [0.25, 0.3) is 0 Å². The molecular weight excluding hydrogens is 552 g/mol. The number of rotatable bonds is 21. The SMILES string of the molecule is CC[C@H](C)[C@H](NC(=O)[C@H](CC(N)=O)NC(=O)[C@H](CCCN=C(N)N)NC(=O)[C@@H](N)CCCCN)C(=O)N[C@@H](C)C(=O)O. The lowest BCUT2D eigenvalue weighted by molar-refractivity contribution is -0.142. The number of aliphatic imine (C=N–C) groups is 1. The number of unbranched alkanes of at least 4 members (excludes halogenated alkanes) is 1. The molecule has 15 N–H and O–H groups in total. The first-order valence-electron chi connectivity index (χ1n) is 13.9. The van der Waals surface area contributed by atoms with Crippen molar-refractivity contribution >= 4 is 41.5 Å². The number of amides is 5. The number of nitrogens with two attached hydrogens (primary N) is 5. The molecular formula is C25H48N10O7. The average molecular weight is 601 g/mol. The maximum atomic E-state index is 13.3. The summed E-state index contributed by atoms with van der Waals surface area (Å²) in [6.45, 7) is 5.27. The summed E-state index contributed by atoms with van der Waals surface area (Å²) in [7, 11) is 0. The maximum absolute atomic E-state index is 13.3. The van der Waals surface area contributed by atoms with E-state index >= 15 is 0 Å². The number of hydrogen-bond donors (Lipinski definition) is 10. The molecule has 6 atom stereocenters. The first kappa shape index (κ1) is 38.0. The first-order chi connectivity index (χ1) is 19.6. The molecule has 0 bridgehead atoms. The third-order valence-electron chi connectivity index (χ3n) is 6.44. The Morgan fingerprint density at radius 3 is 1.90 bits per heavy atom. The molecule has 17 nitrogen and oxygen atoms in total. The molecule has 42 heavy (non-hydrogen) atoms. The molecule has 0 rings (SSSR count). The molecule has 0 aromatic rings. The van der Waals surface area contributed by atoms with E-state index in [2.05, 4.69) is 26.3 Å². The molecule has 0 aromatic heterocycles. The first-order valence-corrected chi connectivity index (χ1v) is 13.9. The largest absolute Gasteiger partial charge is 0.480 e. The summed E-state index contributed by atoms with van der Waals surface area (Å²) < 4.78 is 0. The van der Waals surface area contributed by atoms with Gasteiger partial charge in [0, 0.05) is 6.54 Å². The van der Waals surface area contributed by atoms with Crippen molar-refractivity contribution < 1.29 is 33.9 Å². The van der Waals surface area contributed by atoms with Gasteiger partial charge >= 0.3 is 5.97 Å². The molecule has 0 saturated heterocycles. The van der Waals surface area contributed by atoms with E-state index in [1.165, 1.54) is 6.92 Å². The smallest absolute Gasteiger partial charge is 0.325 e. The fraction of sp³-hybridized carbons (Fsp3) is 0.720. The van der Waals surface area contributed by atoms with Crippen molar-refractivity contribution in [2.75, 3.05) is 13.1 Å². The quantitative estimate of drug-likeness (QED) is 0.0349. The number of nitrogens with zero attached hydrogens (tertiary/aromatic N) is 1. The highest BCUT2D eigenvalue weighted by atomic mass is 16.4. The van der Waals surface area contributed by atoms with Crippen LogP contribution in [0.5, 0.6) is 0 Å². The lowest BCUT2D eigenvalue weighted by atomic mass is 9.97. The van der Waals surface area contributed by atoms with Gasteiger partial charge < -0.3 is 55.0 Å². The zero-order valence-corrected chi connectivity index (χ0v) is 24.6. The summed E-state index contributed by atoms with van der Waals surface area (Å²) in [5.41, 5.74) is 27.4. The highest BCUT2D eigenvalue weighted by Gasteiger charge is 2.33. The second-order valence-corrected chi connectivity index (χ2v) is 10.1. The molecule has 0 aliphatic rings. The summed E-state index contributed by atoms with van der Waals surface area (Å²) in [4.78, 5) is 78.8. The number of carboxylic acids is 1. The van der Waals surface area contributed by atoms with Crippen LogP contribution in [0, 0.1) is 5.92 Å². The number of hydrogen-bond acceptors (Lipinski definition) is 9. The van der Waals surface area contributed by atoms with E-state index in [0.29, 0.717) is 32.2 Å². The van der Waals surface area contributed by atoms with E-state index in [1.54, 1.807) is 13.8 Å². The zero-order valence-electron chi connectivity index (χ0n) is 24.6. The van der Waals surface area contributed by atoms with Gasteiger partial charge in [0.25, 0.3) is 0 Å². The Hall–Kier alpha value is -3.99. The number of carbonyl (C=O) groups is 6. The van der Waals surface area contributed by atoms with Gasteiger partial charge in [0.1, 0.15) is 24.2 Å². The van der Waals surface area contributed by atoms with Crippen LogP contribution >= 0.6 is 0 Å². The molecule has 0 fully saturated rings. The van der Waals surface area contributed by atoms with Crippen molar-refractivity contribution in [3.05, 3.63) is 0 Å².